The van der Waals surface area contributed by atoms with Crippen LogP contribution in [0.3, 0.4) is 0 Å². The minimum atomic E-state index is -0.856. The SMILES string of the molecule is CC/C=C\C/C=C\CC(=O)OCC(COC(=O)C/C=C\CC)OC(=O)C/C=C\C/C=C\CC. The Morgan fingerprint density at radius 3 is 1.36 bits per heavy atom. The standard InChI is InChI=1S/C27H40O6/c1-4-7-10-12-14-17-20-26(29)32-23-24(22-31-25(28)19-16-9-6-3)33-27(30)21-18-15-13-11-8-5-2/h7-11,14-18,24H,4-6,12-13,19-23H2,1-3H3/b10-7-,11-8-,16-9-,17-14-,18-15-. The van der Waals surface area contributed by atoms with Crippen LogP contribution in [0.15, 0.2) is 60.8 Å². The lowest BCUT2D eigenvalue weighted by Crippen LogP contribution is -2.30. The van der Waals surface area contributed by atoms with Crippen molar-refractivity contribution in [3.05, 3.63) is 60.8 Å². The van der Waals surface area contributed by atoms with Gasteiger partial charge in [-0.1, -0.05) is 81.5 Å². The van der Waals surface area contributed by atoms with Crippen molar-refractivity contribution in [3.8, 4) is 0 Å². The van der Waals surface area contributed by atoms with Crippen LogP contribution in [0.5, 0.6) is 0 Å². The number of allylic oxidation sites excluding steroid dienone is 7. The molecule has 0 aromatic carbocycles. The Morgan fingerprint density at radius 1 is 0.545 bits per heavy atom. The van der Waals surface area contributed by atoms with Crippen LogP contribution in [0.2, 0.25) is 0 Å². The highest BCUT2D eigenvalue weighted by atomic mass is 16.6. The molecule has 0 bridgehead atoms. The first-order chi connectivity index (χ1) is 16.0. The zero-order valence-corrected chi connectivity index (χ0v) is 20.4. The van der Waals surface area contributed by atoms with Gasteiger partial charge in [-0.2, -0.15) is 0 Å². The number of ether oxygens (including phenoxy) is 3. The molecular formula is C27H40O6. The minimum Gasteiger partial charge on any atom is -0.461 e. The van der Waals surface area contributed by atoms with Gasteiger partial charge in [-0.15, -0.1) is 0 Å². The molecule has 0 aliphatic heterocycles. The fourth-order valence-corrected chi connectivity index (χ4v) is 2.42. The Balaban J connectivity index is 4.63. The molecule has 0 N–H and O–H groups in total. The van der Waals surface area contributed by atoms with Gasteiger partial charge in [-0.25, -0.2) is 0 Å². The Hall–Kier alpha value is -2.89. The average molecular weight is 461 g/mol. The summed E-state index contributed by atoms with van der Waals surface area (Å²) >= 11 is 0. The number of carbonyl (C=O) groups excluding carboxylic acids is 3. The van der Waals surface area contributed by atoms with E-state index in [1.165, 1.54) is 0 Å². The van der Waals surface area contributed by atoms with Crippen molar-refractivity contribution in [2.45, 2.75) is 78.2 Å². The third-order valence-electron chi connectivity index (χ3n) is 4.10. The van der Waals surface area contributed by atoms with E-state index in [2.05, 4.69) is 19.9 Å². The van der Waals surface area contributed by atoms with Gasteiger partial charge in [-0.3, -0.25) is 14.4 Å². The largest absolute Gasteiger partial charge is 0.461 e. The molecule has 0 spiro atoms. The summed E-state index contributed by atoms with van der Waals surface area (Å²) in [4.78, 5) is 35.9. The second kappa shape index (κ2) is 22.3. The summed E-state index contributed by atoms with van der Waals surface area (Å²) in [5, 5.41) is 0. The van der Waals surface area contributed by atoms with E-state index >= 15 is 0 Å². The van der Waals surface area contributed by atoms with Crippen molar-refractivity contribution in [2.75, 3.05) is 13.2 Å². The molecule has 0 radical (unpaired) electrons. The molecule has 1 atom stereocenters. The Morgan fingerprint density at radius 2 is 0.909 bits per heavy atom. The first-order valence-electron chi connectivity index (χ1n) is 11.8. The number of carbonyl (C=O) groups is 3. The number of hydrogen-bond acceptors (Lipinski definition) is 6. The molecule has 184 valence electrons. The Bertz CT molecular complexity index is 685. The number of rotatable bonds is 18. The Labute approximate surface area is 199 Å². The lowest BCUT2D eigenvalue weighted by molar-refractivity contribution is -0.165. The molecule has 1 unspecified atom stereocenters. The van der Waals surface area contributed by atoms with E-state index in [1.807, 2.05) is 43.4 Å². The molecule has 0 fully saturated rings. The molecule has 0 aromatic heterocycles. The van der Waals surface area contributed by atoms with Crippen molar-refractivity contribution < 1.29 is 28.6 Å². The molecule has 0 saturated heterocycles. The summed E-state index contributed by atoms with van der Waals surface area (Å²) in [5.74, 6) is -1.35. The van der Waals surface area contributed by atoms with Crippen LogP contribution in [0, 0.1) is 0 Å². The molecule has 33 heavy (non-hydrogen) atoms. The summed E-state index contributed by atoms with van der Waals surface area (Å²) in [7, 11) is 0. The predicted molar refractivity (Wildman–Crippen MR) is 131 cm³/mol. The molecule has 0 heterocycles. The maximum Gasteiger partial charge on any atom is 0.310 e. The van der Waals surface area contributed by atoms with Crippen LogP contribution in [0.4, 0.5) is 0 Å². The molecular weight excluding hydrogens is 420 g/mol. The highest BCUT2D eigenvalue weighted by Crippen LogP contribution is 2.03. The molecule has 6 heteroatoms. The van der Waals surface area contributed by atoms with Crippen LogP contribution in [0.1, 0.15) is 72.1 Å². The topological polar surface area (TPSA) is 78.9 Å². The maximum absolute atomic E-state index is 12.1. The second-order valence-electron chi connectivity index (χ2n) is 7.14. The van der Waals surface area contributed by atoms with E-state index in [1.54, 1.807) is 18.2 Å². The van der Waals surface area contributed by atoms with Gasteiger partial charge in [0.1, 0.15) is 13.2 Å². The highest BCUT2D eigenvalue weighted by Gasteiger charge is 2.18. The summed E-state index contributed by atoms with van der Waals surface area (Å²) in [6.45, 7) is 5.74. The second-order valence-corrected chi connectivity index (χ2v) is 7.14. The summed E-state index contributed by atoms with van der Waals surface area (Å²) in [5.41, 5.74) is 0. The third-order valence-corrected chi connectivity index (χ3v) is 4.10. The van der Waals surface area contributed by atoms with Crippen LogP contribution in [-0.2, 0) is 28.6 Å². The van der Waals surface area contributed by atoms with Crippen molar-refractivity contribution in [2.24, 2.45) is 0 Å². The van der Waals surface area contributed by atoms with Crippen LogP contribution in [-0.4, -0.2) is 37.2 Å². The fraction of sp³-hybridized carbons (Fsp3) is 0.519. The highest BCUT2D eigenvalue weighted by molar-refractivity contribution is 5.73. The Kier molecular flexibility index (Phi) is 20.4. The third kappa shape index (κ3) is 20.8. The summed E-state index contributed by atoms with van der Waals surface area (Å²) in [6.07, 6.45) is 22.7. The van der Waals surface area contributed by atoms with Gasteiger partial charge in [0, 0.05) is 0 Å². The molecule has 0 aromatic rings. The molecule has 0 saturated carbocycles. The van der Waals surface area contributed by atoms with Crippen molar-refractivity contribution in [3.63, 3.8) is 0 Å². The van der Waals surface area contributed by atoms with Gasteiger partial charge in [0.25, 0.3) is 0 Å². The van der Waals surface area contributed by atoms with Gasteiger partial charge < -0.3 is 14.2 Å². The lowest BCUT2D eigenvalue weighted by atomic mass is 10.3. The van der Waals surface area contributed by atoms with Gasteiger partial charge in [0.05, 0.1) is 19.3 Å². The zero-order chi connectivity index (χ0) is 24.6. The maximum atomic E-state index is 12.1. The normalized spacial score (nSPS) is 12.9. The number of hydrogen-bond donors (Lipinski definition) is 0. The minimum absolute atomic E-state index is 0.0889. The molecule has 6 nitrogen and oxygen atoms in total. The lowest BCUT2D eigenvalue weighted by Gasteiger charge is -2.17. The van der Waals surface area contributed by atoms with Crippen LogP contribution in [0.25, 0.3) is 0 Å². The molecule has 0 amide bonds. The predicted octanol–water partition coefficient (Wildman–Crippen LogP) is 5.95. The summed E-state index contributed by atoms with van der Waals surface area (Å²) in [6, 6.07) is 0. The van der Waals surface area contributed by atoms with E-state index in [0.29, 0.717) is 0 Å². The first kappa shape index (κ1) is 30.1. The van der Waals surface area contributed by atoms with Crippen molar-refractivity contribution in [1.82, 2.24) is 0 Å². The van der Waals surface area contributed by atoms with E-state index in [-0.39, 0.29) is 32.5 Å². The molecule has 0 aliphatic rings. The van der Waals surface area contributed by atoms with E-state index in [4.69, 9.17) is 14.2 Å². The van der Waals surface area contributed by atoms with Crippen LogP contribution < -0.4 is 0 Å². The molecule has 0 aliphatic carbocycles. The van der Waals surface area contributed by atoms with Crippen molar-refractivity contribution in [1.29, 1.82) is 0 Å². The van der Waals surface area contributed by atoms with Crippen LogP contribution >= 0.6 is 0 Å². The van der Waals surface area contributed by atoms with E-state index < -0.39 is 24.0 Å². The number of esters is 3. The van der Waals surface area contributed by atoms with E-state index in [0.717, 1.165) is 32.1 Å². The summed E-state index contributed by atoms with van der Waals surface area (Å²) < 4.78 is 15.8. The van der Waals surface area contributed by atoms with Gasteiger partial charge in [0.2, 0.25) is 0 Å². The van der Waals surface area contributed by atoms with E-state index in [9.17, 15) is 14.4 Å². The molecule has 0 rings (SSSR count). The van der Waals surface area contributed by atoms with Crippen molar-refractivity contribution >= 4 is 17.9 Å². The van der Waals surface area contributed by atoms with Gasteiger partial charge >= 0.3 is 17.9 Å². The first-order valence-corrected chi connectivity index (χ1v) is 11.8. The monoisotopic (exact) mass is 460 g/mol. The fourth-order valence-electron chi connectivity index (χ4n) is 2.42. The quantitative estimate of drug-likeness (QED) is 0.143. The van der Waals surface area contributed by atoms with Gasteiger partial charge in [0.15, 0.2) is 6.10 Å². The average Bonchev–Trinajstić information content (AvgIpc) is 2.80. The smallest absolute Gasteiger partial charge is 0.310 e. The van der Waals surface area contributed by atoms with Gasteiger partial charge in [-0.05, 0) is 32.1 Å². The zero-order valence-electron chi connectivity index (χ0n) is 20.4.